The van der Waals surface area contributed by atoms with Crippen molar-refractivity contribution < 1.29 is 17.9 Å². The molecule has 1 rings (SSSR count). The van der Waals surface area contributed by atoms with Crippen molar-refractivity contribution in [2.45, 2.75) is 25.6 Å². The molecule has 1 N–H and O–H groups in total. The summed E-state index contributed by atoms with van der Waals surface area (Å²) in [6, 6.07) is 1.66. The van der Waals surface area contributed by atoms with Gasteiger partial charge in [-0.05, 0) is 50.9 Å². The van der Waals surface area contributed by atoms with Crippen LogP contribution in [0.4, 0.5) is 13.2 Å². The summed E-state index contributed by atoms with van der Waals surface area (Å²) in [5, 5.41) is 3.19. The van der Waals surface area contributed by atoms with E-state index in [1.165, 1.54) is 11.3 Å². The van der Waals surface area contributed by atoms with Crippen molar-refractivity contribution in [1.82, 2.24) is 5.32 Å². The monoisotopic (exact) mass is 423 g/mol. The molecule has 1 atom stereocenters. The van der Waals surface area contributed by atoms with Crippen LogP contribution in [0.1, 0.15) is 24.3 Å². The normalized spacial score (nSPS) is 13.8. The highest BCUT2D eigenvalue weighted by atomic mass is 79.9. The standard InChI is InChI=1S/C11H14Br2F3NOS/c1-2-3-17-8(5-18-6-11(14,15)16)9-4-7(12)10(13)19-9/h4,8,17H,2-3,5-6H2,1H3. The molecule has 0 saturated heterocycles. The molecular weight excluding hydrogens is 411 g/mol. The van der Waals surface area contributed by atoms with Crippen molar-refractivity contribution in [3.05, 3.63) is 19.2 Å². The van der Waals surface area contributed by atoms with Gasteiger partial charge in [-0.3, -0.25) is 0 Å². The predicted molar refractivity (Wildman–Crippen MR) is 77.6 cm³/mol. The fourth-order valence-corrected chi connectivity index (χ4v) is 3.54. The van der Waals surface area contributed by atoms with Crippen molar-refractivity contribution >= 4 is 43.2 Å². The number of hydrogen-bond acceptors (Lipinski definition) is 3. The van der Waals surface area contributed by atoms with E-state index in [9.17, 15) is 13.2 Å². The molecule has 19 heavy (non-hydrogen) atoms. The van der Waals surface area contributed by atoms with Crippen LogP contribution in [-0.4, -0.2) is 25.9 Å². The minimum Gasteiger partial charge on any atom is -0.370 e. The summed E-state index contributed by atoms with van der Waals surface area (Å²) in [5.74, 6) is 0. The summed E-state index contributed by atoms with van der Waals surface area (Å²) in [6.45, 7) is 1.51. The molecule has 1 aromatic rings. The van der Waals surface area contributed by atoms with Gasteiger partial charge in [-0.2, -0.15) is 13.2 Å². The number of rotatable bonds is 7. The van der Waals surface area contributed by atoms with Gasteiger partial charge in [0, 0.05) is 9.35 Å². The van der Waals surface area contributed by atoms with Crippen LogP contribution in [0.2, 0.25) is 0 Å². The van der Waals surface area contributed by atoms with Crippen molar-refractivity contribution in [2.24, 2.45) is 0 Å². The Balaban J connectivity index is 2.61. The molecule has 2 nitrogen and oxygen atoms in total. The first kappa shape index (κ1) is 17.4. The van der Waals surface area contributed by atoms with E-state index < -0.39 is 12.8 Å². The van der Waals surface area contributed by atoms with Crippen molar-refractivity contribution in [3.63, 3.8) is 0 Å². The molecule has 1 aromatic heterocycles. The third-order valence-electron chi connectivity index (χ3n) is 2.20. The molecule has 0 bridgehead atoms. The third-order valence-corrected chi connectivity index (χ3v) is 5.57. The van der Waals surface area contributed by atoms with Crippen molar-refractivity contribution in [1.29, 1.82) is 0 Å². The van der Waals surface area contributed by atoms with Crippen LogP contribution in [0.5, 0.6) is 0 Å². The molecule has 8 heteroatoms. The van der Waals surface area contributed by atoms with Gasteiger partial charge in [0.1, 0.15) is 6.61 Å². The SMILES string of the molecule is CCCNC(COCC(F)(F)F)c1cc(Br)c(Br)s1. The lowest BCUT2D eigenvalue weighted by Gasteiger charge is -2.18. The first-order chi connectivity index (χ1) is 8.83. The van der Waals surface area contributed by atoms with E-state index in [-0.39, 0.29) is 12.6 Å². The minimum absolute atomic E-state index is 0.00109. The van der Waals surface area contributed by atoms with Gasteiger partial charge in [-0.15, -0.1) is 11.3 Å². The highest BCUT2D eigenvalue weighted by molar-refractivity contribution is 9.13. The van der Waals surface area contributed by atoms with Gasteiger partial charge in [0.2, 0.25) is 0 Å². The number of hydrogen-bond donors (Lipinski definition) is 1. The molecule has 0 aliphatic carbocycles. The molecule has 110 valence electrons. The molecule has 0 aliphatic rings. The lowest BCUT2D eigenvalue weighted by atomic mass is 10.2. The number of ether oxygens (including phenoxy) is 1. The number of thiophene rings is 1. The van der Waals surface area contributed by atoms with Gasteiger partial charge < -0.3 is 10.1 Å². The van der Waals surface area contributed by atoms with Gasteiger partial charge in [0.05, 0.1) is 16.4 Å². The molecule has 0 saturated carbocycles. The van der Waals surface area contributed by atoms with Gasteiger partial charge in [0.15, 0.2) is 0 Å². The topological polar surface area (TPSA) is 21.3 Å². The van der Waals surface area contributed by atoms with Crippen LogP contribution in [0.3, 0.4) is 0 Å². The van der Waals surface area contributed by atoms with Crippen LogP contribution < -0.4 is 5.32 Å². The Morgan fingerprint density at radius 1 is 1.42 bits per heavy atom. The third kappa shape index (κ3) is 6.57. The Morgan fingerprint density at radius 3 is 2.58 bits per heavy atom. The largest absolute Gasteiger partial charge is 0.411 e. The summed E-state index contributed by atoms with van der Waals surface area (Å²) in [7, 11) is 0. The number of alkyl halides is 3. The number of nitrogens with one attached hydrogen (secondary N) is 1. The van der Waals surface area contributed by atoms with E-state index in [1.807, 2.05) is 13.0 Å². The van der Waals surface area contributed by atoms with Gasteiger partial charge >= 0.3 is 6.18 Å². The minimum atomic E-state index is -4.29. The Labute approximate surface area is 131 Å². The summed E-state index contributed by atoms with van der Waals surface area (Å²) in [5.41, 5.74) is 0. The maximum absolute atomic E-state index is 12.1. The first-order valence-electron chi connectivity index (χ1n) is 5.66. The predicted octanol–water partition coefficient (Wildman–Crippen LogP) is 4.89. The summed E-state index contributed by atoms with van der Waals surface area (Å²) in [6.07, 6.45) is -3.38. The molecule has 0 aromatic carbocycles. The van der Waals surface area contributed by atoms with Gasteiger partial charge in [-0.25, -0.2) is 0 Å². The zero-order valence-corrected chi connectivity index (χ0v) is 14.2. The zero-order valence-electron chi connectivity index (χ0n) is 10.2. The lowest BCUT2D eigenvalue weighted by Crippen LogP contribution is -2.28. The second-order valence-corrected chi connectivity index (χ2v) is 7.16. The lowest BCUT2D eigenvalue weighted by molar-refractivity contribution is -0.175. The molecular formula is C11H14Br2F3NOS. The Kier molecular flexibility index (Phi) is 7.31. The highest BCUT2D eigenvalue weighted by Gasteiger charge is 2.28. The smallest absolute Gasteiger partial charge is 0.370 e. The zero-order chi connectivity index (χ0) is 14.5. The second kappa shape index (κ2) is 7.97. The molecule has 0 radical (unpaired) electrons. The van der Waals surface area contributed by atoms with E-state index in [1.54, 1.807) is 0 Å². The van der Waals surface area contributed by atoms with E-state index >= 15 is 0 Å². The van der Waals surface area contributed by atoms with Gasteiger partial charge in [0.25, 0.3) is 0 Å². The molecule has 1 unspecified atom stereocenters. The van der Waals surface area contributed by atoms with Crippen LogP contribution in [0, 0.1) is 0 Å². The fourth-order valence-electron chi connectivity index (χ4n) is 1.39. The molecule has 0 fully saturated rings. The second-order valence-electron chi connectivity index (χ2n) is 3.91. The molecule has 0 spiro atoms. The summed E-state index contributed by atoms with van der Waals surface area (Å²) < 4.78 is 42.8. The van der Waals surface area contributed by atoms with Crippen LogP contribution in [0.15, 0.2) is 14.3 Å². The Hall–Kier alpha value is 0.370. The van der Waals surface area contributed by atoms with E-state index in [2.05, 4.69) is 37.2 Å². The molecule has 0 amide bonds. The highest BCUT2D eigenvalue weighted by Crippen LogP contribution is 2.35. The average molecular weight is 425 g/mol. The number of halogens is 5. The van der Waals surface area contributed by atoms with Gasteiger partial charge in [-0.1, -0.05) is 6.92 Å². The van der Waals surface area contributed by atoms with E-state index in [0.717, 1.165) is 26.1 Å². The van der Waals surface area contributed by atoms with Crippen LogP contribution in [0.25, 0.3) is 0 Å². The summed E-state index contributed by atoms with van der Waals surface area (Å²) >= 11 is 8.22. The first-order valence-corrected chi connectivity index (χ1v) is 8.06. The fraction of sp³-hybridized carbons (Fsp3) is 0.636. The van der Waals surface area contributed by atoms with Crippen LogP contribution >= 0.6 is 43.2 Å². The molecule has 1 heterocycles. The molecule has 0 aliphatic heterocycles. The summed E-state index contributed by atoms with van der Waals surface area (Å²) in [4.78, 5) is 0.939. The van der Waals surface area contributed by atoms with Crippen molar-refractivity contribution in [3.8, 4) is 0 Å². The maximum Gasteiger partial charge on any atom is 0.411 e. The van der Waals surface area contributed by atoms with E-state index in [0.29, 0.717) is 0 Å². The average Bonchev–Trinajstić information content (AvgIpc) is 2.62. The van der Waals surface area contributed by atoms with Crippen LogP contribution in [-0.2, 0) is 4.74 Å². The maximum atomic E-state index is 12.1. The van der Waals surface area contributed by atoms with E-state index in [4.69, 9.17) is 4.74 Å². The Bertz CT molecular complexity index is 378. The Morgan fingerprint density at radius 2 is 2.11 bits per heavy atom. The quantitative estimate of drug-likeness (QED) is 0.672. The van der Waals surface area contributed by atoms with Crippen molar-refractivity contribution in [2.75, 3.05) is 19.8 Å².